The number of fused-ring (bicyclic) bond motifs is 4. The van der Waals surface area contributed by atoms with Crippen molar-refractivity contribution < 1.29 is 34.0 Å². The van der Waals surface area contributed by atoms with Gasteiger partial charge in [-0.05, 0) is 90.8 Å². The van der Waals surface area contributed by atoms with Gasteiger partial charge in [0.2, 0.25) is 6.10 Å². The Labute approximate surface area is 251 Å². The molecule has 8 rings (SSSR count). The Hall–Kier alpha value is -0.770. The van der Waals surface area contributed by atoms with Crippen molar-refractivity contribution >= 4 is 5.97 Å². The van der Waals surface area contributed by atoms with E-state index >= 15 is 0 Å². The Morgan fingerprint density at radius 3 is 2.48 bits per heavy atom. The Balaban J connectivity index is 1.04. The van der Waals surface area contributed by atoms with E-state index in [1.165, 1.54) is 19.3 Å². The lowest BCUT2D eigenvalue weighted by molar-refractivity contribution is -0.256. The SMILES string of the molecule is C[C@@H]1C[C](C(=O)O)O[C]2C1[C@@]1(C)CCC34C[C@@]35CCC(O[C@H]3CN(C6COC6)CCO3)C(C)(C)[C@@H]5CC[C@H]4[C@]1(C)[C@H]2O. The topological polar surface area (TPSA) is 97.7 Å². The average Bonchev–Trinajstić information content (AvgIpc) is 3.54. The normalized spacial score (nSPS) is 54.1. The van der Waals surface area contributed by atoms with Crippen LogP contribution in [0.25, 0.3) is 0 Å². The van der Waals surface area contributed by atoms with Gasteiger partial charge in [-0.3, -0.25) is 4.90 Å². The molecular weight excluding hydrogens is 534 g/mol. The summed E-state index contributed by atoms with van der Waals surface area (Å²) in [6.07, 6.45) is 8.59. The molecule has 11 atom stereocenters. The van der Waals surface area contributed by atoms with Crippen molar-refractivity contribution in [2.75, 3.05) is 32.9 Å². The van der Waals surface area contributed by atoms with Crippen LogP contribution in [0.1, 0.15) is 86.0 Å². The van der Waals surface area contributed by atoms with Gasteiger partial charge >= 0.3 is 5.97 Å². The molecule has 42 heavy (non-hydrogen) atoms. The molecule has 8 aliphatic rings. The molecule has 234 valence electrons. The van der Waals surface area contributed by atoms with Crippen molar-refractivity contribution in [1.82, 2.24) is 4.90 Å². The quantitative estimate of drug-likeness (QED) is 0.492. The number of nitrogens with zero attached hydrogens (tertiary/aromatic N) is 1. The third-order valence-electron chi connectivity index (χ3n) is 15.1. The number of carboxylic acids is 1. The van der Waals surface area contributed by atoms with Crippen LogP contribution in [-0.2, 0) is 23.7 Å². The van der Waals surface area contributed by atoms with Crippen molar-refractivity contribution in [1.29, 1.82) is 0 Å². The second kappa shape index (κ2) is 9.16. The highest BCUT2D eigenvalue weighted by atomic mass is 16.7. The fourth-order valence-electron chi connectivity index (χ4n) is 12.9. The molecule has 8 nitrogen and oxygen atoms in total. The van der Waals surface area contributed by atoms with Gasteiger partial charge in [-0.2, -0.15) is 0 Å². The molecule has 0 aromatic rings. The van der Waals surface area contributed by atoms with E-state index in [2.05, 4.69) is 39.5 Å². The van der Waals surface area contributed by atoms with Gasteiger partial charge in [-0.15, -0.1) is 0 Å². The number of carboxylic acid groups (broad SMARTS) is 1. The first-order chi connectivity index (χ1) is 19.9. The van der Waals surface area contributed by atoms with Crippen LogP contribution in [0.3, 0.4) is 0 Å². The van der Waals surface area contributed by atoms with E-state index in [1.807, 2.05) is 0 Å². The number of morpholine rings is 1. The van der Waals surface area contributed by atoms with Gasteiger partial charge in [-0.25, -0.2) is 4.79 Å². The van der Waals surface area contributed by atoms with Crippen molar-refractivity contribution in [2.45, 2.75) is 111 Å². The first kappa shape index (κ1) is 28.7. The Kier molecular flexibility index (Phi) is 6.25. The summed E-state index contributed by atoms with van der Waals surface area (Å²) in [7, 11) is 0. The summed E-state index contributed by atoms with van der Waals surface area (Å²) in [5, 5.41) is 21.9. The molecule has 2 N–H and O–H groups in total. The van der Waals surface area contributed by atoms with Crippen molar-refractivity contribution in [2.24, 2.45) is 50.7 Å². The molecule has 3 saturated heterocycles. The van der Waals surface area contributed by atoms with E-state index in [9.17, 15) is 15.0 Å². The van der Waals surface area contributed by atoms with Crippen LogP contribution < -0.4 is 0 Å². The molecule has 3 heterocycles. The van der Waals surface area contributed by atoms with Gasteiger partial charge in [0.05, 0.1) is 44.6 Å². The predicted octanol–water partition coefficient (Wildman–Crippen LogP) is 4.65. The maximum atomic E-state index is 12.1. The number of rotatable bonds is 4. The van der Waals surface area contributed by atoms with Crippen molar-refractivity contribution in [3.05, 3.63) is 12.2 Å². The number of hydrogen-bond donors (Lipinski definition) is 2. The zero-order valence-corrected chi connectivity index (χ0v) is 26.2. The molecular formula is C34H51NO7. The highest BCUT2D eigenvalue weighted by molar-refractivity contribution is 5.81. The van der Waals surface area contributed by atoms with Crippen molar-refractivity contribution in [3.63, 3.8) is 0 Å². The largest absolute Gasteiger partial charge is 0.479 e. The summed E-state index contributed by atoms with van der Waals surface area (Å²) in [6.45, 7) is 16.0. The molecule has 0 amide bonds. The minimum Gasteiger partial charge on any atom is -0.479 e. The van der Waals surface area contributed by atoms with E-state index in [1.54, 1.807) is 0 Å². The van der Waals surface area contributed by atoms with E-state index < -0.39 is 12.1 Å². The molecule has 0 bridgehead atoms. The van der Waals surface area contributed by atoms with Gasteiger partial charge in [0.1, 0.15) is 6.10 Å². The minimum absolute atomic E-state index is 0.0552. The van der Waals surface area contributed by atoms with Crippen molar-refractivity contribution in [3.8, 4) is 0 Å². The summed E-state index contributed by atoms with van der Waals surface area (Å²) >= 11 is 0. The number of ether oxygens (including phenoxy) is 4. The van der Waals surface area contributed by atoms with Crippen LogP contribution in [0, 0.1) is 63.0 Å². The molecule has 3 aliphatic heterocycles. The fourth-order valence-corrected chi connectivity index (χ4v) is 12.9. The highest BCUT2D eigenvalue weighted by Crippen LogP contribution is 2.89. The molecule has 2 radical (unpaired) electrons. The second-order valence-corrected chi connectivity index (χ2v) is 16.6. The molecule has 5 saturated carbocycles. The van der Waals surface area contributed by atoms with Gasteiger partial charge in [-0.1, -0.05) is 34.6 Å². The van der Waals surface area contributed by atoms with Gasteiger partial charge in [0.15, 0.2) is 6.29 Å². The summed E-state index contributed by atoms with van der Waals surface area (Å²) in [5.74, 6) is 0.287. The average molecular weight is 586 g/mol. The van der Waals surface area contributed by atoms with Gasteiger partial charge < -0.3 is 29.2 Å². The summed E-state index contributed by atoms with van der Waals surface area (Å²) in [5.41, 5.74) is 0.217. The molecule has 5 aliphatic carbocycles. The maximum absolute atomic E-state index is 12.1. The smallest absolute Gasteiger partial charge is 0.339 e. The standard InChI is InChI=1S/C34H51NO7/c1-19-14-21(29(37)38)41-27-26(19)31(4)10-11-34-18-33(34)9-8-24(42-25-15-35(12-13-40-25)20-16-39-17-20)30(2,3)22(33)6-7-23(34)32(31,5)28(27)36/h19-20,22-26,28,36H,6-18H2,1-5H3,(H,37,38)/t19-,22+,23+,24?,25+,26?,28+,31-,32-,33-,34?/m1/s1. The number of hydrogen-bond acceptors (Lipinski definition) is 7. The van der Waals surface area contributed by atoms with Gasteiger partial charge in [0, 0.05) is 17.9 Å². The van der Waals surface area contributed by atoms with Gasteiger partial charge in [0.25, 0.3) is 0 Å². The minimum atomic E-state index is -0.993. The highest BCUT2D eigenvalue weighted by Gasteiger charge is 2.85. The monoisotopic (exact) mass is 585 g/mol. The van der Waals surface area contributed by atoms with Crippen LogP contribution in [-0.4, -0.2) is 78.5 Å². The zero-order valence-electron chi connectivity index (χ0n) is 26.2. The lowest BCUT2D eigenvalue weighted by atomic mass is 9.41. The Morgan fingerprint density at radius 1 is 1.02 bits per heavy atom. The summed E-state index contributed by atoms with van der Waals surface area (Å²) in [6, 6.07) is 0.512. The Morgan fingerprint density at radius 2 is 1.76 bits per heavy atom. The molecule has 3 unspecified atom stereocenters. The first-order valence-corrected chi connectivity index (χ1v) is 16.8. The van der Waals surface area contributed by atoms with Crippen LogP contribution >= 0.6 is 0 Å². The molecule has 0 aromatic carbocycles. The van der Waals surface area contributed by atoms with E-state index in [0.29, 0.717) is 35.8 Å². The number of aliphatic carboxylic acids is 1. The number of carbonyl (C=O) groups is 1. The van der Waals surface area contributed by atoms with E-state index in [4.69, 9.17) is 18.9 Å². The molecule has 0 aromatic heterocycles. The number of aliphatic hydroxyl groups excluding tert-OH is 1. The second-order valence-electron chi connectivity index (χ2n) is 16.6. The van der Waals surface area contributed by atoms with Crippen LogP contribution in [0.5, 0.6) is 0 Å². The molecule has 8 fully saturated rings. The molecule has 2 spiro atoms. The van der Waals surface area contributed by atoms with E-state index in [-0.39, 0.29) is 52.0 Å². The maximum Gasteiger partial charge on any atom is 0.339 e. The summed E-state index contributed by atoms with van der Waals surface area (Å²) < 4.78 is 24.6. The Bertz CT molecular complexity index is 1130. The lowest BCUT2D eigenvalue weighted by Gasteiger charge is -2.63. The number of aliphatic hydroxyl groups is 1. The van der Waals surface area contributed by atoms with Crippen LogP contribution in [0.15, 0.2) is 0 Å². The van der Waals surface area contributed by atoms with Crippen LogP contribution in [0.4, 0.5) is 0 Å². The lowest BCUT2D eigenvalue weighted by Crippen LogP contribution is -2.60. The third-order valence-corrected chi connectivity index (χ3v) is 15.1. The van der Waals surface area contributed by atoms with Crippen LogP contribution in [0.2, 0.25) is 0 Å². The third kappa shape index (κ3) is 3.43. The fraction of sp³-hybridized carbons (Fsp3) is 0.912. The van der Waals surface area contributed by atoms with E-state index in [0.717, 1.165) is 58.6 Å². The summed E-state index contributed by atoms with van der Waals surface area (Å²) in [4.78, 5) is 14.4. The predicted molar refractivity (Wildman–Crippen MR) is 153 cm³/mol. The molecule has 8 heteroatoms. The zero-order chi connectivity index (χ0) is 29.4. The first-order valence-electron chi connectivity index (χ1n) is 16.8.